The monoisotopic (exact) mass is 304 g/mol. The van der Waals surface area contributed by atoms with E-state index >= 15 is 0 Å². The number of ether oxygens (including phenoxy) is 2. The van der Waals surface area contributed by atoms with Crippen molar-refractivity contribution in [1.82, 2.24) is 0 Å². The van der Waals surface area contributed by atoms with Crippen molar-refractivity contribution in [3.63, 3.8) is 0 Å². The summed E-state index contributed by atoms with van der Waals surface area (Å²) in [4.78, 5) is 0.118. The molecule has 0 saturated carbocycles. The molecule has 0 aromatic heterocycles. The van der Waals surface area contributed by atoms with Crippen molar-refractivity contribution in [2.45, 2.75) is 43.8 Å². The van der Waals surface area contributed by atoms with Gasteiger partial charge in [0.25, 0.3) is 9.05 Å². The maximum atomic E-state index is 11.3. The molecule has 1 fully saturated rings. The van der Waals surface area contributed by atoms with E-state index in [0.717, 1.165) is 12.8 Å². The molecule has 1 aliphatic heterocycles. The molecule has 0 radical (unpaired) electrons. The van der Waals surface area contributed by atoms with Crippen molar-refractivity contribution in [2.24, 2.45) is 0 Å². The van der Waals surface area contributed by atoms with Crippen LogP contribution in [-0.2, 0) is 13.8 Å². The summed E-state index contributed by atoms with van der Waals surface area (Å²) in [6, 6.07) is 4.75. The average Bonchev–Trinajstić information content (AvgIpc) is 2.71. The van der Waals surface area contributed by atoms with E-state index in [-0.39, 0.29) is 11.0 Å². The van der Waals surface area contributed by atoms with Crippen LogP contribution in [0.1, 0.15) is 25.3 Å². The first kappa shape index (κ1) is 14.6. The third-order valence-corrected chi connectivity index (χ3v) is 4.65. The van der Waals surface area contributed by atoms with Gasteiger partial charge in [-0.05, 0) is 50.5 Å². The maximum absolute atomic E-state index is 11.3. The van der Waals surface area contributed by atoms with Crippen LogP contribution in [0.5, 0.6) is 5.75 Å². The number of halogens is 1. The molecule has 0 aliphatic carbocycles. The van der Waals surface area contributed by atoms with Crippen LogP contribution in [0.3, 0.4) is 0 Å². The number of hydrogen-bond acceptors (Lipinski definition) is 4. The van der Waals surface area contributed by atoms with E-state index in [1.807, 2.05) is 6.92 Å². The van der Waals surface area contributed by atoms with Crippen LogP contribution in [0.15, 0.2) is 23.1 Å². The van der Waals surface area contributed by atoms with Gasteiger partial charge in [-0.3, -0.25) is 0 Å². The zero-order chi connectivity index (χ0) is 14.0. The van der Waals surface area contributed by atoms with Crippen LogP contribution in [0, 0.1) is 6.92 Å². The quantitative estimate of drug-likeness (QED) is 0.803. The van der Waals surface area contributed by atoms with Crippen molar-refractivity contribution in [3.8, 4) is 5.75 Å². The first-order valence-corrected chi connectivity index (χ1v) is 8.51. The second kappa shape index (κ2) is 5.69. The van der Waals surface area contributed by atoms with Gasteiger partial charge in [0.1, 0.15) is 12.4 Å². The zero-order valence-corrected chi connectivity index (χ0v) is 12.5. The summed E-state index contributed by atoms with van der Waals surface area (Å²) < 4.78 is 33.8. The SMILES string of the molecule is Cc1cc(OCC2CCC(C)O2)ccc1S(=O)(=O)Cl. The van der Waals surface area contributed by atoms with E-state index < -0.39 is 9.05 Å². The van der Waals surface area contributed by atoms with Gasteiger partial charge in [-0.15, -0.1) is 0 Å². The summed E-state index contributed by atoms with van der Waals surface area (Å²) in [6.07, 6.45) is 2.45. The van der Waals surface area contributed by atoms with Crippen LogP contribution in [0.2, 0.25) is 0 Å². The fraction of sp³-hybridized carbons (Fsp3) is 0.538. The largest absolute Gasteiger partial charge is 0.491 e. The lowest BCUT2D eigenvalue weighted by Crippen LogP contribution is -2.17. The van der Waals surface area contributed by atoms with E-state index in [0.29, 0.717) is 24.0 Å². The van der Waals surface area contributed by atoms with Crippen LogP contribution >= 0.6 is 10.7 Å². The lowest BCUT2D eigenvalue weighted by atomic mass is 10.2. The highest BCUT2D eigenvalue weighted by molar-refractivity contribution is 8.13. The van der Waals surface area contributed by atoms with Crippen molar-refractivity contribution >= 4 is 19.7 Å². The topological polar surface area (TPSA) is 52.6 Å². The molecule has 0 spiro atoms. The Bertz CT molecular complexity index is 556. The normalized spacial score (nSPS) is 23.5. The molecule has 1 heterocycles. The van der Waals surface area contributed by atoms with Crippen molar-refractivity contribution in [1.29, 1.82) is 0 Å². The molecule has 0 amide bonds. The molecule has 2 atom stereocenters. The van der Waals surface area contributed by atoms with Gasteiger partial charge in [-0.1, -0.05) is 0 Å². The number of aryl methyl sites for hydroxylation is 1. The number of rotatable bonds is 4. The fourth-order valence-electron chi connectivity index (χ4n) is 2.18. The van der Waals surface area contributed by atoms with Crippen LogP contribution in [-0.4, -0.2) is 27.2 Å². The highest BCUT2D eigenvalue weighted by Gasteiger charge is 2.22. The molecule has 19 heavy (non-hydrogen) atoms. The Morgan fingerprint density at radius 1 is 1.42 bits per heavy atom. The van der Waals surface area contributed by atoms with Crippen LogP contribution < -0.4 is 4.74 Å². The second-order valence-electron chi connectivity index (χ2n) is 4.82. The van der Waals surface area contributed by atoms with E-state index in [1.165, 1.54) is 6.07 Å². The smallest absolute Gasteiger partial charge is 0.261 e. The van der Waals surface area contributed by atoms with Crippen LogP contribution in [0.25, 0.3) is 0 Å². The molecule has 0 bridgehead atoms. The van der Waals surface area contributed by atoms with Crippen LogP contribution in [0.4, 0.5) is 0 Å². The Morgan fingerprint density at radius 3 is 2.68 bits per heavy atom. The first-order chi connectivity index (χ1) is 8.86. The Labute approximate surface area is 118 Å². The van der Waals surface area contributed by atoms with Crippen molar-refractivity contribution in [3.05, 3.63) is 23.8 Å². The van der Waals surface area contributed by atoms with Gasteiger partial charge in [0.15, 0.2) is 0 Å². The lowest BCUT2D eigenvalue weighted by molar-refractivity contribution is 0.0264. The van der Waals surface area contributed by atoms with Crippen molar-refractivity contribution < 1.29 is 17.9 Å². The third-order valence-electron chi connectivity index (χ3n) is 3.16. The summed E-state index contributed by atoms with van der Waals surface area (Å²) in [5.41, 5.74) is 0.577. The molecule has 0 N–H and O–H groups in total. The molecule has 1 aromatic rings. The Balaban J connectivity index is 2.01. The molecule has 1 aliphatic rings. The maximum Gasteiger partial charge on any atom is 0.261 e. The zero-order valence-electron chi connectivity index (χ0n) is 10.9. The van der Waals surface area contributed by atoms with E-state index in [1.54, 1.807) is 19.1 Å². The third kappa shape index (κ3) is 3.84. The predicted molar refractivity (Wildman–Crippen MR) is 73.3 cm³/mol. The Hall–Kier alpha value is -0.780. The van der Waals surface area contributed by atoms with Gasteiger partial charge in [0.2, 0.25) is 0 Å². The molecule has 2 unspecified atom stereocenters. The molecule has 6 heteroatoms. The molecule has 1 aromatic carbocycles. The first-order valence-electron chi connectivity index (χ1n) is 6.20. The summed E-state index contributed by atoms with van der Waals surface area (Å²) in [5.74, 6) is 0.629. The summed E-state index contributed by atoms with van der Waals surface area (Å²) >= 11 is 0. The minimum atomic E-state index is -3.70. The predicted octanol–water partition coefficient (Wildman–Crippen LogP) is 2.87. The minimum Gasteiger partial charge on any atom is -0.491 e. The molecule has 2 rings (SSSR count). The molecule has 4 nitrogen and oxygen atoms in total. The van der Waals surface area contributed by atoms with Gasteiger partial charge >= 0.3 is 0 Å². The van der Waals surface area contributed by atoms with Crippen molar-refractivity contribution in [2.75, 3.05) is 6.61 Å². The number of hydrogen-bond donors (Lipinski definition) is 0. The van der Waals surface area contributed by atoms with Gasteiger partial charge in [-0.2, -0.15) is 0 Å². The van der Waals surface area contributed by atoms with Gasteiger partial charge in [0, 0.05) is 10.7 Å². The van der Waals surface area contributed by atoms with Gasteiger partial charge < -0.3 is 9.47 Å². The summed E-state index contributed by atoms with van der Waals surface area (Å²) in [5, 5.41) is 0. The fourth-order valence-corrected chi connectivity index (χ4v) is 3.38. The lowest BCUT2D eigenvalue weighted by Gasteiger charge is -2.13. The standard InChI is InChI=1S/C13H17ClO4S/c1-9-7-11(5-6-13(9)19(14,15)16)17-8-12-4-3-10(2)18-12/h5-7,10,12H,3-4,8H2,1-2H3. The average molecular weight is 305 g/mol. The minimum absolute atomic E-state index is 0.117. The van der Waals surface area contributed by atoms with E-state index in [4.69, 9.17) is 20.2 Å². The van der Waals surface area contributed by atoms with Gasteiger partial charge in [-0.25, -0.2) is 8.42 Å². The molecule has 106 valence electrons. The highest BCUT2D eigenvalue weighted by Crippen LogP contribution is 2.25. The van der Waals surface area contributed by atoms with Gasteiger partial charge in [0.05, 0.1) is 17.1 Å². The number of benzene rings is 1. The molecular weight excluding hydrogens is 288 g/mol. The summed E-state index contributed by atoms with van der Waals surface area (Å²) in [6.45, 7) is 4.22. The summed E-state index contributed by atoms with van der Waals surface area (Å²) in [7, 11) is 1.63. The second-order valence-corrected chi connectivity index (χ2v) is 7.36. The van der Waals surface area contributed by atoms with E-state index in [9.17, 15) is 8.42 Å². The molecular formula is C13H17ClO4S. The Kier molecular flexibility index (Phi) is 4.38. The van der Waals surface area contributed by atoms with E-state index in [2.05, 4.69) is 0 Å². The molecule has 1 saturated heterocycles. The highest BCUT2D eigenvalue weighted by atomic mass is 35.7. The Morgan fingerprint density at radius 2 is 2.16 bits per heavy atom.